The van der Waals surface area contributed by atoms with Gasteiger partial charge in [-0.25, -0.2) is 0 Å². The zero-order chi connectivity index (χ0) is 34.0. The van der Waals surface area contributed by atoms with Gasteiger partial charge in [0.25, 0.3) is 0 Å². The number of carbonyl (C=O) groups is 1. The zero-order valence-corrected chi connectivity index (χ0v) is 28.6. The van der Waals surface area contributed by atoms with Gasteiger partial charge in [-0.15, -0.1) is 0 Å². The van der Waals surface area contributed by atoms with Crippen molar-refractivity contribution in [1.82, 2.24) is 0 Å². The molecule has 15 atom stereocenters. The monoisotopic (exact) mass is 650 g/mol. The average Bonchev–Trinajstić information content (AvgIpc) is 2.96. The summed E-state index contributed by atoms with van der Waals surface area (Å²) in [5, 5.41) is 75.1. The van der Waals surface area contributed by atoms with Gasteiger partial charge in [0, 0.05) is 0 Å². The number of aliphatic hydroxyl groups is 7. The summed E-state index contributed by atoms with van der Waals surface area (Å²) >= 11 is 0. The number of aliphatic hydroxyl groups excluding tert-OH is 7. The van der Waals surface area contributed by atoms with Gasteiger partial charge in [0.05, 0.1) is 30.3 Å². The highest BCUT2D eigenvalue weighted by molar-refractivity contribution is 5.79. The van der Waals surface area contributed by atoms with Crippen molar-refractivity contribution in [3.63, 3.8) is 0 Å². The van der Waals surface area contributed by atoms with E-state index in [9.17, 15) is 40.5 Å². The Morgan fingerprint density at radius 2 is 1.50 bits per heavy atom. The highest BCUT2D eigenvalue weighted by atomic mass is 16.7. The van der Waals surface area contributed by atoms with Crippen LogP contribution in [0.15, 0.2) is 11.6 Å². The predicted molar refractivity (Wildman–Crippen MR) is 168 cm³/mol. The molecule has 46 heavy (non-hydrogen) atoms. The molecule has 6 aliphatic rings. The fourth-order valence-electron chi connectivity index (χ4n) is 12.3. The molecule has 1 aliphatic heterocycles. The molecule has 0 radical (unpaired) electrons. The second-order valence-corrected chi connectivity index (χ2v) is 18.2. The van der Waals surface area contributed by atoms with E-state index in [1.807, 2.05) is 13.8 Å². The maximum atomic E-state index is 14.4. The first-order valence-electron chi connectivity index (χ1n) is 17.5. The van der Waals surface area contributed by atoms with E-state index < -0.39 is 77.8 Å². The van der Waals surface area contributed by atoms with Gasteiger partial charge in [-0.1, -0.05) is 60.1 Å². The highest BCUT2D eigenvalue weighted by Gasteiger charge is 2.72. The maximum absolute atomic E-state index is 14.4. The van der Waals surface area contributed by atoms with Gasteiger partial charge in [0.1, 0.15) is 24.4 Å². The number of hydrogen-bond acceptors (Lipinski definition) is 10. The van der Waals surface area contributed by atoms with Crippen molar-refractivity contribution in [1.29, 1.82) is 0 Å². The Kier molecular flexibility index (Phi) is 8.27. The van der Waals surface area contributed by atoms with Crippen molar-refractivity contribution in [2.24, 2.45) is 50.2 Å². The quantitative estimate of drug-likeness (QED) is 0.177. The van der Waals surface area contributed by atoms with Crippen LogP contribution in [0.1, 0.15) is 99.8 Å². The SMILES string of the molecule is CC1(C)CC[C@]2(C(=O)O[C@@H]3O[C@H](CO)[C@@H](O)[C@H](O)[C@H]3O)CC[C@]3(C)C(=CC[C@H]4[C@@]5(C)C[C@@H](O)[C@H](O)C(C)(C)[C@@H]5[C@H](O)C[C@]43C)[C@@H]2C1. The lowest BCUT2D eigenvalue weighted by molar-refractivity contribution is -0.298. The molecule has 1 heterocycles. The van der Waals surface area contributed by atoms with Crippen LogP contribution in [0.4, 0.5) is 0 Å². The first-order chi connectivity index (χ1) is 21.2. The summed E-state index contributed by atoms with van der Waals surface area (Å²) in [5.74, 6) is -0.675. The summed E-state index contributed by atoms with van der Waals surface area (Å²) in [4.78, 5) is 14.4. The summed E-state index contributed by atoms with van der Waals surface area (Å²) in [5.41, 5.74) is -1.46. The van der Waals surface area contributed by atoms with Crippen LogP contribution in [0.25, 0.3) is 0 Å². The zero-order valence-electron chi connectivity index (χ0n) is 28.6. The maximum Gasteiger partial charge on any atom is 0.315 e. The van der Waals surface area contributed by atoms with Crippen molar-refractivity contribution in [2.75, 3.05) is 6.61 Å². The molecule has 4 saturated carbocycles. The van der Waals surface area contributed by atoms with Crippen molar-refractivity contribution in [3.8, 4) is 0 Å². The Morgan fingerprint density at radius 1 is 0.848 bits per heavy atom. The Bertz CT molecular complexity index is 1250. The van der Waals surface area contributed by atoms with Crippen LogP contribution in [0.3, 0.4) is 0 Å². The van der Waals surface area contributed by atoms with Gasteiger partial charge < -0.3 is 45.2 Å². The Morgan fingerprint density at radius 3 is 2.15 bits per heavy atom. The van der Waals surface area contributed by atoms with Gasteiger partial charge in [-0.05, 0) is 96.2 Å². The van der Waals surface area contributed by atoms with E-state index in [2.05, 4.69) is 40.7 Å². The molecule has 7 N–H and O–H groups in total. The highest BCUT2D eigenvalue weighted by Crippen LogP contribution is 2.75. The van der Waals surface area contributed by atoms with Gasteiger partial charge in [-0.3, -0.25) is 4.79 Å². The predicted octanol–water partition coefficient (Wildman–Crippen LogP) is 2.43. The molecule has 0 amide bonds. The number of hydrogen-bond donors (Lipinski definition) is 7. The van der Waals surface area contributed by atoms with Crippen LogP contribution in [0.5, 0.6) is 0 Å². The lowest BCUT2D eigenvalue weighted by atomic mass is 9.33. The Balaban J connectivity index is 1.38. The van der Waals surface area contributed by atoms with E-state index in [0.29, 0.717) is 32.1 Å². The molecule has 0 bridgehead atoms. The number of carbonyl (C=O) groups excluding carboxylic acids is 1. The van der Waals surface area contributed by atoms with Crippen molar-refractivity contribution in [3.05, 3.63) is 11.6 Å². The average molecular weight is 651 g/mol. The summed E-state index contributed by atoms with van der Waals surface area (Å²) in [7, 11) is 0. The van der Waals surface area contributed by atoms with Crippen LogP contribution in [-0.2, 0) is 14.3 Å². The number of ether oxygens (including phenoxy) is 2. The molecule has 10 nitrogen and oxygen atoms in total. The molecule has 5 fully saturated rings. The van der Waals surface area contributed by atoms with Crippen LogP contribution in [0.2, 0.25) is 0 Å². The normalized spacial score (nSPS) is 54.3. The molecule has 0 aromatic heterocycles. The summed E-state index contributed by atoms with van der Waals surface area (Å²) < 4.78 is 11.5. The second kappa shape index (κ2) is 10.9. The lowest BCUT2D eigenvalue weighted by Gasteiger charge is -2.72. The number of rotatable bonds is 3. The minimum atomic E-state index is -1.66. The largest absolute Gasteiger partial charge is 0.432 e. The third kappa shape index (κ3) is 4.60. The number of esters is 1. The Hall–Kier alpha value is -1.11. The minimum absolute atomic E-state index is 0.0365. The minimum Gasteiger partial charge on any atom is -0.432 e. The van der Waals surface area contributed by atoms with Gasteiger partial charge >= 0.3 is 5.97 Å². The van der Waals surface area contributed by atoms with Gasteiger partial charge in [0.2, 0.25) is 6.29 Å². The molecule has 6 rings (SSSR count). The van der Waals surface area contributed by atoms with E-state index >= 15 is 0 Å². The van der Waals surface area contributed by atoms with Gasteiger partial charge in [0.15, 0.2) is 0 Å². The van der Waals surface area contributed by atoms with Crippen molar-refractivity contribution in [2.45, 2.75) is 149 Å². The van der Waals surface area contributed by atoms with E-state index in [-0.39, 0.29) is 34.0 Å². The summed E-state index contributed by atoms with van der Waals surface area (Å²) in [6.07, 6.45) is -2.51. The van der Waals surface area contributed by atoms with Crippen molar-refractivity contribution >= 4 is 5.97 Å². The first kappa shape index (κ1) is 34.7. The van der Waals surface area contributed by atoms with E-state index in [1.54, 1.807) is 0 Å². The lowest BCUT2D eigenvalue weighted by Crippen LogP contribution is -2.70. The van der Waals surface area contributed by atoms with Crippen LogP contribution < -0.4 is 0 Å². The Labute approximate surface area is 273 Å². The fourth-order valence-corrected chi connectivity index (χ4v) is 12.3. The summed E-state index contributed by atoms with van der Waals surface area (Å²) in [6.45, 7) is 14.6. The molecule has 1 saturated heterocycles. The smallest absolute Gasteiger partial charge is 0.315 e. The molecule has 5 aliphatic carbocycles. The topological polar surface area (TPSA) is 177 Å². The standard InChI is InChI=1S/C36H58O10/c1-31(2)10-12-36(30(44)46-29-26(42)25(41)24(40)22(17-37)45-29)13-11-34(6)18(19(36)14-31)8-9-23-33(5)15-21(39)28(43)32(3,4)27(33)20(38)16-35(23,34)7/h8,19-29,37-43H,9-17H2,1-7H3/t19-,20+,21+,22+,23-,24+,25-,26+,27-,28-,29-,33+,34+,35+,36-/m0/s1. The van der Waals surface area contributed by atoms with Crippen LogP contribution in [-0.4, -0.2) is 97.3 Å². The fraction of sp³-hybridized carbons (Fsp3) is 0.917. The third-order valence-electron chi connectivity index (χ3n) is 14.9. The molecular weight excluding hydrogens is 592 g/mol. The number of fused-ring (bicyclic) bond motifs is 7. The molecule has 10 heteroatoms. The molecule has 262 valence electrons. The van der Waals surface area contributed by atoms with Crippen LogP contribution >= 0.6 is 0 Å². The molecule has 0 aromatic carbocycles. The van der Waals surface area contributed by atoms with Crippen molar-refractivity contribution < 1.29 is 50.0 Å². The van der Waals surface area contributed by atoms with E-state index in [4.69, 9.17) is 9.47 Å². The van der Waals surface area contributed by atoms with E-state index in [1.165, 1.54) is 5.57 Å². The second-order valence-electron chi connectivity index (χ2n) is 18.2. The molecule has 0 aromatic rings. The molecular formula is C36H58O10. The third-order valence-corrected chi connectivity index (χ3v) is 14.9. The molecule has 0 unspecified atom stereocenters. The number of allylic oxidation sites excluding steroid dienone is 2. The van der Waals surface area contributed by atoms with Crippen LogP contribution in [0, 0.1) is 50.2 Å². The molecule has 0 spiro atoms. The van der Waals surface area contributed by atoms with Gasteiger partial charge in [-0.2, -0.15) is 0 Å². The summed E-state index contributed by atoms with van der Waals surface area (Å²) in [6, 6.07) is 0. The van der Waals surface area contributed by atoms with E-state index in [0.717, 1.165) is 19.3 Å². The first-order valence-corrected chi connectivity index (χ1v) is 17.5.